The molecule has 23 heavy (non-hydrogen) atoms. The zero-order chi connectivity index (χ0) is 16.6. The molecule has 0 unspecified atom stereocenters. The molecule has 1 aliphatic rings. The van der Waals surface area contributed by atoms with Crippen molar-refractivity contribution in [3.05, 3.63) is 53.5 Å². The summed E-state index contributed by atoms with van der Waals surface area (Å²) < 4.78 is 4.65. The third-order valence-corrected chi connectivity index (χ3v) is 4.62. The van der Waals surface area contributed by atoms with Gasteiger partial charge in [0.05, 0.1) is 12.5 Å². The van der Waals surface area contributed by atoms with Crippen LogP contribution < -0.4 is 5.32 Å². The molecule has 1 aliphatic heterocycles. The summed E-state index contributed by atoms with van der Waals surface area (Å²) in [6.45, 7) is 3.87. The molecule has 0 aromatic carbocycles. The van der Waals surface area contributed by atoms with E-state index in [0.717, 1.165) is 11.1 Å². The van der Waals surface area contributed by atoms with Crippen molar-refractivity contribution in [3.63, 3.8) is 0 Å². The molecular weight excluding hydrogens is 294 g/mol. The standard InChI is InChI=1S/C17H17N3O3/c1-10(11-6-7-13(19-9-11)15(21)23-3)17(2)12-5-4-8-18-14(12)20-16(17)22/h4-10H,1-3H3,(H,18,20,22)/t10-,17-/m1/s1. The van der Waals surface area contributed by atoms with E-state index in [-0.39, 0.29) is 17.5 Å². The van der Waals surface area contributed by atoms with Gasteiger partial charge in [-0.25, -0.2) is 14.8 Å². The highest BCUT2D eigenvalue weighted by atomic mass is 16.5. The number of fused-ring (bicyclic) bond motifs is 1. The van der Waals surface area contributed by atoms with E-state index >= 15 is 0 Å². The first-order valence-corrected chi connectivity index (χ1v) is 7.29. The van der Waals surface area contributed by atoms with E-state index in [1.165, 1.54) is 7.11 Å². The van der Waals surface area contributed by atoms with Crippen molar-refractivity contribution in [2.75, 3.05) is 12.4 Å². The van der Waals surface area contributed by atoms with E-state index in [0.29, 0.717) is 5.82 Å². The molecule has 1 N–H and O–H groups in total. The van der Waals surface area contributed by atoms with Crippen LogP contribution in [0.3, 0.4) is 0 Å². The maximum Gasteiger partial charge on any atom is 0.356 e. The van der Waals surface area contributed by atoms with E-state index in [1.807, 2.05) is 26.0 Å². The molecule has 0 saturated carbocycles. The Kier molecular flexibility index (Phi) is 3.60. The maximum atomic E-state index is 12.5. The van der Waals surface area contributed by atoms with E-state index in [1.54, 1.807) is 24.5 Å². The summed E-state index contributed by atoms with van der Waals surface area (Å²) in [6, 6.07) is 7.14. The van der Waals surface area contributed by atoms with Crippen LogP contribution in [-0.2, 0) is 14.9 Å². The average Bonchev–Trinajstić information content (AvgIpc) is 2.86. The van der Waals surface area contributed by atoms with Crippen molar-refractivity contribution in [1.29, 1.82) is 0 Å². The highest BCUT2D eigenvalue weighted by molar-refractivity contribution is 6.05. The first kappa shape index (κ1) is 15.1. The minimum atomic E-state index is -0.738. The number of esters is 1. The SMILES string of the molecule is COC(=O)c1ccc([C@@H](C)[C@@]2(C)C(=O)Nc3ncccc32)cn1. The van der Waals surface area contributed by atoms with E-state index < -0.39 is 11.4 Å². The van der Waals surface area contributed by atoms with Gasteiger partial charge in [-0.05, 0) is 24.6 Å². The van der Waals surface area contributed by atoms with Crippen molar-refractivity contribution in [1.82, 2.24) is 9.97 Å². The second-order valence-electron chi connectivity index (χ2n) is 5.75. The number of carbonyl (C=O) groups is 2. The van der Waals surface area contributed by atoms with Crippen molar-refractivity contribution in [2.24, 2.45) is 0 Å². The first-order valence-electron chi connectivity index (χ1n) is 7.29. The number of rotatable bonds is 3. The number of nitrogens with one attached hydrogen (secondary N) is 1. The van der Waals surface area contributed by atoms with Crippen LogP contribution in [0.15, 0.2) is 36.7 Å². The van der Waals surface area contributed by atoms with Gasteiger partial charge in [-0.1, -0.05) is 19.1 Å². The number of anilines is 1. The molecule has 0 radical (unpaired) electrons. The van der Waals surface area contributed by atoms with Crippen LogP contribution in [0.25, 0.3) is 0 Å². The lowest BCUT2D eigenvalue weighted by molar-refractivity contribution is -0.120. The van der Waals surface area contributed by atoms with Gasteiger partial charge in [0.2, 0.25) is 5.91 Å². The molecule has 118 valence electrons. The lowest BCUT2D eigenvalue weighted by Crippen LogP contribution is -2.36. The fourth-order valence-corrected chi connectivity index (χ4v) is 2.93. The van der Waals surface area contributed by atoms with Crippen LogP contribution in [0, 0.1) is 0 Å². The van der Waals surface area contributed by atoms with Crippen LogP contribution in [0.2, 0.25) is 0 Å². The minimum Gasteiger partial charge on any atom is -0.464 e. The smallest absolute Gasteiger partial charge is 0.356 e. The maximum absolute atomic E-state index is 12.5. The summed E-state index contributed by atoms with van der Waals surface area (Å²) in [5.74, 6) is -0.0996. The lowest BCUT2D eigenvalue weighted by atomic mass is 9.71. The van der Waals surface area contributed by atoms with Crippen LogP contribution in [-0.4, -0.2) is 29.0 Å². The monoisotopic (exact) mass is 311 g/mol. The Morgan fingerprint density at radius 2 is 2.09 bits per heavy atom. The number of amides is 1. The second-order valence-corrected chi connectivity index (χ2v) is 5.75. The Balaban J connectivity index is 1.98. The quantitative estimate of drug-likeness (QED) is 0.879. The number of hydrogen-bond acceptors (Lipinski definition) is 5. The van der Waals surface area contributed by atoms with Crippen LogP contribution >= 0.6 is 0 Å². The molecular formula is C17H17N3O3. The third kappa shape index (κ3) is 2.27. The summed E-state index contributed by atoms with van der Waals surface area (Å²) >= 11 is 0. The number of aromatic nitrogens is 2. The highest BCUT2D eigenvalue weighted by Crippen LogP contribution is 2.45. The molecule has 1 amide bonds. The number of nitrogens with zero attached hydrogens (tertiary/aromatic N) is 2. The topological polar surface area (TPSA) is 81.2 Å². The molecule has 0 saturated heterocycles. The minimum absolute atomic E-state index is 0.0873. The van der Waals surface area contributed by atoms with Gasteiger partial charge in [0.25, 0.3) is 0 Å². The van der Waals surface area contributed by atoms with E-state index in [9.17, 15) is 9.59 Å². The summed E-state index contributed by atoms with van der Waals surface area (Å²) in [5, 5.41) is 2.83. The number of carbonyl (C=O) groups excluding carboxylic acids is 2. The number of methoxy groups -OCH3 is 1. The molecule has 2 aromatic rings. The largest absolute Gasteiger partial charge is 0.464 e. The summed E-state index contributed by atoms with van der Waals surface area (Å²) in [6.07, 6.45) is 3.27. The second kappa shape index (κ2) is 5.46. The molecule has 6 nitrogen and oxygen atoms in total. The van der Waals surface area contributed by atoms with Gasteiger partial charge < -0.3 is 10.1 Å². The van der Waals surface area contributed by atoms with E-state index in [4.69, 9.17) is 0 Å². The van der Waals surface area contributed by atoms with Crippen molar-refractivity contribution in [2.45, 2.75) is 25.2 Å². The molecule has 0 fully saturated rings. The Labute approximate surface area is 133 Å². The fourth-order valence-electron chi connectivity index (χ4n) is 2.93. The third-order valence-electron chi connectivity index (χ3n) is 4.62. The molecule has 0 bridgehead atoms. The lowest BCUT2D eigenvalue weighted by Gasteiger charge is -2.29. The van der Waals surface area contributed by atoms with Crippen LogP contribution in [0.5, 0.6) is 0 Å². The normalized spacial score (nSPS) is 20.6. The predicted molar refractivity (Wildman–Crippen MR) is 84.2 cm³/mol. The highest BCUT2D eigenvalue weighted by Gasteiger charge is 2.47. The number of hydrogen-bond donors (Lipinski definition) is 1. The molecule has 3 heterocycles. The predicted octanol–water partition coefficient (Wildman–Crippen LogP) is 2.28. The molecule has 2 atom stereocenters. The fraction of sp³-hybridized carbons (Fsp3) is 0.294. The zero-order valence-electron chi connectivity index (χ0n) is 13.2. The number of ether oxygens (including phenoxy) is 1. The van der Waals surface area contributed by atoms with Gasteiger partial charge in [-0.3, -0.25) is 4.79 Å². The van der Waals surface area contributed by atoms with Gasteiger partial charge in [0.15, 0.2) is 0 Å². The Morgan fingerprint density at radius 1 is 1.30 bits per heavy atom. The Morgan fingerprint density at radius 3 is 2.74 bits per heavy atom. The first-order chi connectivity index (χ1) is 11.0. The van der Waals surface area contributed by atoms with Gasteiger partial charge >= 0.3 is 5.97 Å². The van der Waals surface area contributed by atoms with Crippen LogP contribution in [0.4, 0.5) is 5.82 Å². The van der Waals surface area contributed by atoms with Crippen LogP contribution in [0.1, 0.15) is 41.4 Å². The van der Waals surface area contributed by atoms with Crippen molar-refractivity contribution < 1.29 is 14.3 Å². The molecule has 0 aliphatic carbocycles. The zero-order valence-corrected chi connectivity index (χ0v) is 13.2. The van der Waals surface area contributed by atoms with E-state index in [2.05, 4.69) is 20.0 Å². The summed E-state index contributed by atoms with van der Waals surface area (Å²) in [7, 11) is 1.31. The average molecular weight is 311 g/mol. The van der Waals surface area contributed by atoms with Gasteiger partial charge in [-0.15, -0.1) is 0 Å². The van der Waals surface area contributed by atoms with Gasteiger partial charge in [0.1, 0.15) is 11.5 Å². The molecule has 3 rings (SSSR count). The molecule has 2 aromatic heterocycles. The number of pyridine rings is 2. The van der Waals surface area contributed by atoms with Gasteiger partial charge in [0, 0.05) is 23.9 Å². The Bertz CT molecular complexity index is 773. The summed E-state index contributed by atoms with van der Waals surface area (Å²) in [4.78, 5) is 32.4. The van der Waals surface area contributed by atoms with Gasteiger partial charge in [-0.2, -0.15) is 0 Å². The molecule has 6 heteroatoms. The van der Waals surface area contributed by atoms with Crippen molar-refractivity contribution >= 4 is 17.7 Å². The Hall–Kier alpha value is -2.76. The molecule has 0 spiro atoms. The van der Waals surface area contributed by atoms with Crippen molar-refractivity contribution in [3.8, 4) is 0 Å². The summed E-state index contributed by atoms with van der Waals surface area (Å²) in [5.41, 5.74) is 1.24.